The number of carbonyl (C=O) groups is 1. The molecule has 2 rings (SSSR count). The topological polar surface area (TPSA) is 75.1 Å². The molecule has 0 aliphatic carbocycles. The van der Waals surface area contributed by atoms with Crippen molar-refractivity contribution in [1.29, 1.82) is 0 Å². The fourth-order valence-electron chi connectivity index (χ4n) is 1.28. The normalized spacial score (nSPS) is 10.4. The molecule has 5 nitrogen and oxygen atoms in total. The number of hydrogen-bond acceptors (Lipinski definition) is 6. The van der Waals surface area contributed by atoms with E-state index in [0.717, 1.165) is 11.8 Å². The van der Waals surface area contributed by atoms with Crippen LogP contribution in [-0.2, 0) is 11.3 Å². The van der Waals surface area contributed by atoms with E-state index in [1.165, 1.54) is 17.4 Å². The van der Waals surface area contributed by atoms with Crippen LogP contribution in [-0.4, -0.2) is 27.0 Å². The van der Waals surface area contributed by atoms with Crippen molar-refractivity contribution >= 4 is 34.2 Å². The van der Waals surface area contributed by atoms with E-state index in [9.17, 15) is 9.18 Å². The molecule has 0 amide bonds. The Bertz CT molecular complexity index is 577. The number of anilines is 1. The van der Waals surface area contributed by atoms with Crippen LogP contribution >= 0.6 is 23.1 Å². The van der Waals surface area contributed by atoms with E-state index in [1.54, 1.807) is 18.2 Å². The van der Waals surface area contributed by atoms with Gasteiger partial charge < -0.3 is 10.4 Å². The van der Waals surface area contributed by atoms with Crippen LogP contribution in [0.5, 0.6) is 0 Å². The Morgan fingerprint density at radius 1 is 1.42 bits per heavy atom. The number of halogens is 1. The van der Waals surface area contributed by atoms with Crippen LogP contribution in [0.2, 0.25) is 0 Å². The fraction of sp³-hybridized carbons (Fsp3) is 0.182. The van der Waals surface area contributed by atoms with Crippen LogP contribution in [0.3, 0.4) is 0 Å². The van der Waals surface area contributed by atoms with E-state index in [0.29, 0.717) is 21.6 Å². The second kappa shape index (κ2) is 6.48. The molecule has 1 aromatic carbocycles. The average Bonchev–Trinajstić information content (AvgIpc) is 2.83. The minimum absolute atomic E-state index is 0.0536. The van der Waals surface area contributed by atoms with Crippen LogP contribution in [0.15, 0.2) is 28.6 Å². The minimum atomic E-state index is -0.902. The van der Waals surface area contributed by atoms with Crippen LogP contribution < -0.4 is 5.32 Å². The highest BCUT2D eigenvalue weighted by atomic mass is 32.2. The minimum Gasteiger partial charge on any atom is -0.481 e. The average molecular weight is 299 g/mol. The molecule has 0 unspecified atom stereocenters. The standard InChI is InChI=1S/C11H10FN3O2S2/c12-8-4-2-1-3-7(8)5-13-10-14-15-11(19-10)18-6-9(16)17/h1-4H,5-6H2,(H,13,14)(H,16,17). The van der Waals surface area contributed by atoms with Crippen molar-refractivity contribution in [1.82, 2.24) is 10.2 Å². The summed E-state index contributed by atoms with van der Waals surface area (Å²) in [5.41, 5.74) is 0.539. The van der Waals surface area contributed by atoms with Crippen molar-refractivity contribution in [2.45, 2.75) is 10.9 Å². The van der Waals surface area contributed by atoms with Crippen LogP contribution in [0.4, 0.5) is 9.52 Å². The van der Waals surface area contributed by atoms with E-state index >= 15 is 0 Å². The number of carboxylic acids is 1. The molecule has 0 spiro atoms. The van der Waals surface area contributed by atoms with Gasteiger partial charge in [0, 0.05) is 12.1 Å². The Labute approximate surface area is 116 Å². The molecule has 8 heteroatoms. The number of carboxylic acid groups (broad SMARTS) is 1. The number of hydrogen-bond donors (Lipinski definition) is 2. The van der Waals surface area contributed by atoms with Gasteiger partial charge in [0.15, 0.2) is 4.34 Å². The first-order valence-corrected chi connectivity index (χ1v) is 7.11. The van der Waals surface area contributed by atoms with Gasteiger partial charge in [-0.1, -0.05) is 41.3 Å². The van der Waals surface area contributed by atoms with Gasteiger partial charge in [-0.05, 0) is 6.07 Å². The van der Waals surface area contributed by atoms with Crippen molar-refractivity contribution in [2.75, 3.05) is 11.1 Å². The van der Waals surface area contributed by atoms with Gasteiger partial charge in [0.25, 0.3) is 0 Å². The molecule has 0 radical (unpaired) electrons. The highest BCUT2D eigenvalue weighted by Gasteiger charge is 2.07. The lowest BCUT2D eigenvalue weighted by atomic mass is 10.2. The highest BCUT2D eigenvalue weighted by Crippen LogP contribution is 2.25. The first-order chi connectivity index (χ1) is 9.15. The Kier molecular flexibility index (Phi) is 4.69. The second-order valence-electron chi connectivity index (χ2n) is 3.50. The molecular formula is C11H10FN3O2S2. The third-order valence-electron chi connectivity index (χ3n) is 2.11. The molecule has 2 N–H and O–H groups in total. The summed E-state index contributed by atoms with van der Waals surface area (Å²) in [6.07, 6.45) is 0. The molecule has 0 saturated heterocycles. The SMILES string of the molecule is O=C(O)CSc1nnc(NCc2ccccc2F)s1. The van der Waals surface area contributed by atoms with Crippen molar-refractivity contribution in [2.24, 2.45) is 0 Å². The largest absolute Gasteiger partial charge is 0.481 e. The maximum Gasteiger partial charge on any atom is 0.313 e. The van der Waals surface area contributed by atoms with Gasteiger partial charge in [-0.25, -0.2) is 4.39 Å². The summed E-state index contributed by atoms with van der Waals surface area (Å²) >= 11 is 2.35. The third kappa shape index (κ3) is 4.18. The van der Waals surface area contributed by atoms with Gasteiger partial charge >= 0.3 is 5.97 Å². The predicted octanol–water partition coefficient (Wildman–Crippen LogP) is 2.47. The molecule has 1 aromatic heterocycles. The maximum atomic E-state index is 13.4. The van der Waals surface area contributed by atoms with E-state index < -0.39 is 5.97 Å². The number of nitrogens with one attached hydrogen (secondary N) is 1. The zero-order valence-electron chi connectivity index (χ0n) is 9.67. The molecule has 0 saturated carbocycles. The zero-order valence-corrected chi connectivity index (χ0v) is 11.3. The predicted molar refractivity (Wildman–Crippen MR) is 72.0 cm³/mol. The number of thioether (sulfide) groups is 1. The Morgan fingerprint density at radius 3 is 2.95 bits per heavy atom. The Hall–Kier alpha value is -1.67. The van der Waals surface area contributed by atoms with E-state index in [2.05, 4.69) is 15.5 Å². The Morgan fingerprint density at radius 2 is 2.21 bits per heavy atom. The van der Waals surface area contributed by atoms with Crippen LogP contribution in [0.25, 0.3) is 0 Å². The van der Waals surface area contributed by atoms with E-state index in [1.807, 2.05) is 0 Å². The first kappa shape index (κ1) is 13.8. The summed E-state index contributed by atoms with van der Waals surface area (Å²) in [6, 6.07) is 6.47. The second-order valence-corrected chi connectivity index (χ2v) is 5.70. The van der Waals surface area contributed by atoms with Crippen molar-refractivity contribution in [3.8, 4) is 0 Å². The molecule has 100 valence electrons. The number of nitrogens with zero attached hydrogens (tertiary/aromatic N) is 2. The quantitative estimate of drug-likeness (QED) is 0.798. The molecule has 2 aromatic rings. The summed E-state index contributed by atoms with van der Waals surface area (Å²) in [7, 11) is 0. The van der Waals surface area contributed by atoms with E-state index in [4.69, 9.17) is 5.11 Å². The zero-order chi connectivity index (χ0) is 13.7. The van der Waals surface area contributed by atoms with Gasteiger partial charge in [-0.3, -0.25) is 4.79 Å². The monoisotopic (exact) mass is 299 g/mol. The maximum absolute atomic E-state index is 13.4. The van der Waals surface area contributed by atoms with Crippen molar-refractivity contribution in [3.05, 3.63) is 35.6 Å². The van der Waals surface area contributed by atoms with Crippen molar-refractivity contribution < 1.29 is 14.3 Å². The lowest BCUT2D eigenvalue weighted by molar-refractivity contribution is -0.133. The first-order valence-electron chi connectivity index (χ1n) is 5.30. The van der Waals surface area contributed by atoms with Gasteiger partial charge in [-0.15, -0.1) is 10.2 Å². The van der Waals surface area contributed by atoms with Gasteiger partial charge in [-0.2, -0.15) is 0 Å². The number of aliphatic carboxylic acids is 1. The van der Waals surface area contributed by atoms with Gasteiger partial charge in [0.1, 0.15) is 5.82 Å². The van der Waals surface area contributed by atoms with Gasteiger partial charge in [0.05, 0.1) is 5.75 Å². The number of benzene rings is 1. The molecule has 0 fully saturated rings. The smallest absolute Gasteiger partial charge is 0.313 e. The van der Waals surface area contributed by atoms with Crippen LogP contribution in [0, 0.1) is 5.82 Å². The van der Waals surface area contributed by atoms with Crippen LogP contribution in [0.1, 0.15) is 5.56 Å². The number of aromatic nitrogens is 2. The van der Waals surface area contributed by atoms with Gasteiger partial charge in [0.2, 0.25) is 5.13 Å². The summed E-state index contributed by atoms with van der Waals surface area (Å²) in [6.45, 7) is 0.310. The summed E-state index contributed by atoms with van der Waals surface area (Å²) < 4.78 is 13.9. The molecule has 19 heavy (non-hydrogen) atoms. The lowest BCUT2D eigenvalue weighted by Crippen LogP contribution is -2.01. The Balaban J connectivity index is 1.90. The molecule has 0 bridgehead atoms. The third-order valence-corrected chi connectivity index (χ3v) is 4.11. The summed E-state index contributed by atoms with van der Waals surface area (Å²) in [5, 5.41) is 19.7. The number of rotatable bonds is 6. The molecule has 0 aliphatic rings. The summed E-state index contributed by atoms with van der Waals surface area (Å²) in [5.74, 6) is -1.23. The molecule has 0 aliphatic heterocycles. The fourth-order valence-corrected chi connectivity index (χ4v) is 2.74. The highest BCUT2D eigenvalue weighted by molar-refractivity contribution is 8.01. The lowest BCUT2D eigenvalue weighted by Gasteiger charge is -2.02. The van der Waals surface area contributed by atoms with Crippen molar-refractivity contribution in [3.63, 3.8) is 0 Å². The summed E-state index contributed by atoms with van der Waals surface area (Å²) in [4.78, 5) is 10.4. The molecular weight excluding hydrogens is 289 g/mol. The molecule has 0 atom stereocenters. The molecule has 1 heterocycles. The van der Waals surface area contributed by atoms with E-state index in [-0.39, 0.29) is 11.6 Å².